The average molecular weight is 303 g/mol. The van der Waals surface area contributed by atoms with Gasteiger partial charge in [-0.05, 0) is 26.2 Å². The normalized spacial score (nSPS) is 18.7. The Bertz CT molecular complexity index is 610. The topological polar surface area (TPSA) is 35.0 Å². The molecule has 1 aliphatic heterocycles. The molecule has 1 fully saturated rings. The maximum atomic E-state index is 6.29. The van der Waals surface area contributed by atoms with Crippen LogP contribution in [0.2, 0.25) is 5.15 Å². The van der Waals surface area contributed by atoms with Gasteiger partial charge in [0, 0.05) is 24.2 Å². The van der Waals surface area contributed by atoms with Gasteiger partial charge in [0.25, 0.3) is 0 Å². The highest BCUT2D eigenvalue weighted by Crippen LogP contribution is 2.26. The second-order valence-electron chi connectivity index (χ2n) is 5.46. The fraction of sp³-hybridized carbons (Fsp3) is 0.412. The minimum atomic E-state index is 0.223. The van der Waals surface area contributed by atoms with Crippen molar-refractivity contribution in [1.82, 2.24) is 9.97 Å². The van der Waals surface area contributed by atoms with Gasteiger partial charge in [-0.1, -0.05) is 41.9 Å². The molecule has 1 atom stereocenters. The molecule has 2 aromatic rings. The molecule has 3 nitrogen and oxygen atoms in total. The maximum absolute atomic E-state index is 6.29. The number of hydrogen-bond donors (Lipinski definition) is 0. The first-order valence-corrected chi connectivity index (χ1v) is 7.82. The van der Waals surface area contributed by atoms with Gasteiger partial charge in [-0.15, -0.1) is 0 Å². The first-order valence-electron chi connectivity index (χ1n) is 7.44. The largest absolute Gasteiger partial charge is 0.378 e. The van der Waals surface area contributed by atoms with Crippen LogP contribution in [-0.4, -0.2) is 22.7 Å². The number of aromatic nitrogens is 2. The van der Waals surface area contributed by atoms with Gasteiger partial charge in [-0.2, -0.15) is 0 Å². The van der Waals surface area contributed by atoms with E-state index in [0.717, 1.165) is 48.5 Å². The molecule has 1 unspecified atom stereocenters. The molecule has 21 heavy (non-hydrogen) atoms. The van der Waals surface area contributed by atoms with Gasteiger partial charge in [0.05, 0.1) is 11.8 Å². The summed E-state index contributed by atoms with van der Waals surface area (Å²) in [7, 11) is 0. The van der Waals surface area contributed by atoms with Gasteiger partial charge >= 0.3 is 0 Å². The van der Waals surface area contributed by atoms with Crippen LogP contribution in [0.15, 0.2) is 30.3 Å². The van der Waals surface area contributed by atoms with E-state index in [0.29, 0.717) is 5.15 Å². The number of rotatable bonds is 3. The maximum Gasteiger partial charge on any atom is 0.136 e. The third kappa shape index (κ3) is 3.42. The van der Waals surface area contributed by atoms with Crippen LogP contribution in [0.4, 0.5) is 0 Å². The highest BCUT2D eigenvalue weighted by atomic mass is 35.5. The minimum absolute atomic E-state index is 0.223. The van der Waals surface area contributed by atoms with E-state index < -0.39 is 0 Å². The zero-order valence-corrected chi connectivity index (χ0v) is 12.9. The fourth-order valence-corrected chi connectivity index (χ4v) is 2.86. The van der Waals surface area contributed by atoms with Crippen LogP contribution in [0, 0.1) is 6.92 Å². The number of hydrogen-bond acceptors (Lipinski definition) is 3. The molecule has 1 saturated heterocycles. The summed E-state index contributed by atoms with van der Waals surface area (Å²) in [5.74, 6) is 0.774. The molecule has 1 aromatic carbocycles. The summed E-state index contributed by atoms with van der Waals surface area (Å²) < 4.78 is 5.77. The van der Waals surface area contributed by atoms with Gasteiger partial charge in [0.2, 0.25) is 0 Å². The van der Waals surface area contributed by atoms with Crippen LogP contribution < -0.4 is 0 Å². The van der Waals surface area contributed by atoms with Crippen LogP contribution in [0.5, 0.6) is 0 Å². The first-order chi connectivity index (χ1) is 10.2. The molecular weight excluding hydrogens is 284 g/mol. The third-order valence-electron chi connectivity index (χ3n) is 3.86. The third-order valence-corrected chi connectivity index (χ3v) is 4.23. The first kappa shape index (κ1) is 14.5. The standard InChI is InChI=1S/C17H19ClN2O/c1-12-16(13-7-3-2-4-8-13)19-15(20-17(12)18)11-14-9-5-6-10-21-14/h2-4,7-8,14H,5-6,9-11H2,1H3. The monoisotopic (exact) mass is 302 g/mol. The lowest BCUT2D eigenvalue weighted by Crippen LogP contribution is -2.22. The molecule has 0 aliphatic carbocycles. The number of benzene rings is 1. The number of halogens is 1. The van der Waals surface area contributed by atoms with Crippen LogP contribution in [0.3, 0.4) is 0 Å². The van der Waals surface area contributed by atoms with E-state index >= 15 is 0 Å². The van der Waals surface area contributed by atoms with Crippen molar-refractivity contribution in [2.45, 2.75) is 38.7 Å². The summed E-state index contributed by atoms with van der Waals surface area (Å²) in [6.07, 6.45) is 4.41. The molecule has 1 aromatic heterocycles. The van der Waals surface area contributed by atoms with Crippen LogP contribution in [0.25, 0.3) is 11.3 Å². The van der Waals surface area contributed by atoms with E-state index in [9.17, 15) is 0 Å². The number of ether oxygens (including phenoxy) is 1. The van der Waals surface area contributed by atoms with E-state index in [4.69, 9.17) is 21.3 Å². The van der Waals surface area contributed by atoms with Crippen LogP contribution in [-0.2, 0) is 11.2 Å². The second-order valence-corrected chi connectivity index (χ2v) is 5.82. The molecule has 0 radical (unpaired) electrons. The highest BCUT2D eigenvalue weighted by Gasteiger charge is 2.18. The van der Waals surface area contributed by atoms with Crippen molar-refractivity contribution in [3.05, 3.63) is 46.9 Å². The molecule has 0 spiro atoms. The van der Waals surface area contributed by atoms with Gasteiger partial charge < -0.3 is 4.74 Å². The van der Waals surface area contributed by atoms with Crippen molar-refractivity contribution >= 4 is 11.6 Å². The van der Waals surface area contributed by atoms with Crippen molar-refractivity contribution < 1.29 is 4.74 Å². The summed E-state index contributed by atoms with van der Waals surface area (Å²) >= 11 is 6.29. The highest BCUT2D eigenvalue weighted by molar-refractivity contribution is 6.30. The molecule has 3 rings (SSSR count). The van der Waals surface area contributed by atoms with E-state index in [2.05, 4.69) is 4.98 Å². The zero-order chi connectivity index (χ0) is 14.7. The van der Waals surface area contributed by atoms with Crippen LogP contribution >= 0.6 is 11.6 Å². The quantitative estimate of drug-likeness (QED) is 0.796. The second kappa shape index (κ2) is 6.54. The Kier molecular flexibility index (Phi) is 4.51. The van der Waals surface area contributed by atoms with E-state index in [-0.39, 0.29) is 6.10 Å². The molecule has 0 N–H and O–H groups in total. The Labute approximate surface area is 130 Å². The lowest BCUT2D eigenvalue weighted by atomic mass is 10.0. The average Bonchev–Trinajstić information content (AvgIpc) is 2.52. The molecule has 110 valence electrons. The molecule has 1 aliphatic rings. The van der Waals surface area contributed by atoms with Crippen molar-refractivity contribution in [1.29, 1.82) is 0 Å². The van der Waals surface area contributed by atoms with Gasteiger partial charge in [-0.25, -0.2) is 9.97 Å². The smallest absolute Gasteiger partial charge is 0.136 e. The van der Waals surface area contributed by atoms with Gasteiger partial charge in [0.15, 0.2) is 0 Å². The van der Waals surface area contributed by atoms with Crippen molar-refractivity contribution in [2.24, 2.45) is 0 Å². The predicted octanol–water partition coefficient (Wildman–Crippen LogP) is 4.22. The molecule has 2 heterocycles. The van der Waals surface area contributed by atoms with Crippen molar-refractivity contribution in [2.75, 3.05) is 6.61 Å². The van der Waals surface area contributed by atoms with Gasteiger partial charge in [0.1, 0.15) is 11.0 Å². The lowest BCUT2D eigenvalue weighted by molar-refractivity contribution is 0.0156. The Balaban J connectivity index is 1.90. The Morgan fingerprint density at radius 1 is 1.19 bits per heavy atom. The van der Waals surface area contributed by atoms with E-state index in [1.165, 1.54) is 6.42 Å². The molecular formula is C17H19ClN2O. The van der Waals surface area contributed by atoms with E-state index in [1.54, 1.807) is 0 Å². The van der Waals surface area contributed by atoms with Crippen molar-refractivity contribution in [3.8, 4) is 11.3 Å². The number of nitrogens with zero attached hydrogens (tertiary/aromatic N) is 2. The van der Waals surface area contributed by atoms with Gasteiger partial charge in [-0.3, -0.25) is 0 Å². The van der Waals surface area contributed by atoms with Crippen LogP contribution in [0.1, 0.15) is 30.7 Å². The molecule has 0 amide bonds. The molecule has 0 bridgehead atoms. The SMILES string of the molecule is Cc1c(Cl)nc(CC2CCCCO2)nc1-c1ccccc1. The predicted molar refractivity (Wildman–Crippen MR) is 84.5 cm³/mol. The molecule has 4 heteroatoms. The summed E-state index contributed by atoms with van der Waals surface area (Å²) in [5, 5.41) is 0.537. The Morgan fingerprint density at radius 3 is 2.71 bits per heavy atom. The van der Waals surface area contributed by atoms with E-state index in [1.807, 2.05) is 37.3 Å². The lowest BCUT2D eigenvalue weighted by Gasteiger charge is -2.22. The Hall–Kier alpha value is -1.45. The summed E-state index contributed by atoms with van der Waals surface area (Å²) in [6.45, 7) is 2.81. The summed E-state index contributed by atoms with van der Waals surface area (Å²) in [4.78, 5) is 9.15. The zero-order valence-electron chi connectivity index (χ0n) is 12.2. The molecule has 0 saturated carbocycles. The van der Waals surface area contributed by atoms with Crippen molar-refractivity contribution in [3.63, 3.8) is 0 Å². The fourth-order valence-electron chi connectivity index (χ4n) is 2.67. The summed E-state index contributed by atoms with van der Waals surface area (Å²) in [5.41, 5.74) is 2.92. The summed E-state index contributed by atoms with van der Waals surface area (Å²) in [6, 6.07) is 10.1. The Morgan fingerprint density at radius 2 is 2.00 bits per heavy atom. The minimum Gasteiger partial charge on any atom is -0.378 e.